The van der Waals surface area contributed by atoms with Crippen molar-refractivity contribution in [2.24, 2.45) is 9.50 Å². The van der Waals surface area contributed by atoms with Crippen molar-refractivity contribution in [1.82, 2.24) is 14.2 Å². The molecule has 182 valence electrons. The molecule has 0 aromatic heterocycles. The summed E-state index contributed by atoms with van der Waals surface area (Å²) in [6.07, 6.45) is -1.03. The average molecular weight is 510 g/mol. The zero-order valence-corrected chi connectivity index (χ0v) is 20.5. The van der Waals surface area contributed by atoms with Crippen LogP contribution in [0.2, 0.25) is 5.02 Å². The van der Waals surface area contributed by atoms with Gasteiger partial charge in [0.1, 0.15) is 0 Å². The van der Waals surface area contributed by atoms with Gasteiger partial charge in [0, 0.05) is 51.0 Å². The van der Waals surface area contributed by atoms with E-state index in [1.54, 1.807) is 36.1 Å². The Labute approximate surface area is 203 Å². The molecule has 1 atom stereocenters. The van der Waals surface area contributed by atoms with Crippen LogP contribution in [0.15, 0.2) is 64.1 Å². The summed E-state index contributed by atoms with van der Waals surface area (Å²) >= 11 is 6.06. The lowest BCUT2D eigenvalue weighted by atomic mass is 9.91. The molecule has 0 aliphatic carbocycles. The normalized spacial score (nSPS) is 21.4. The third-order valence-electron chi connectivity index (χ3n) is 5.86. The topological polar surface area (TPSA) is 68.6 Å². The molecule has 0 saturated carbocycles. The minimum Gasteiger partial charge on any atom is -0.347 e. The summed E-state index contributed by atoms with van der Waals surface area (Å²) < 4.78 is 58.1. The van der Waals surface area contributed by atoms with Crippen molar-refractivity contribution in [3.05, 3.63) is 70.7 Å². The quantitative estimate of drug-likeness (QED) is 0.461. The van der Waals surface area contributed by atoms with Crippen LogP contribution in [0, 0.1) is 0 Å². The highest BCUT2D eigenvalue weighted by Gasteiger charge is 2.39. The van der Waals surface area contributed by atoms with E-state index in [1.165, 1.54) is 0 Å². The second-order valence-electron chi connectivity index (χ2n) is 8.56. The predicted octanol–water partition coefficient (Wildman–Crippen LogP) is 4.04. The first-order valence-corrected chi connectivity index (χ1v) is 12.7. The smallest absolute Gasteiger partial charge is 0.325 e. The number of alkyl halides is 2. The van der Waals surface area contributed by atoms with Gasteiger partial charge in [-0.3, -0.25) is 0 Å². The zero-order chi connectivity index (χ0) is 24.5. The average Bonchev–Trinajstić information content (AvgIpc) is 3.23. The second kappa shape index (κ2) is 9.59. The van der Waals surface area contributed by atoms with Gasteiger partial charge in [-0.2, -0.15) is 17.8 Å². The molecular weight excluding hydrogens is 484 g/mol. The first kappa shape index (κ1) is 24.6. The molecule has 0 spiro atoms. The summed E-state index contributed by atoms with van der Waals surface area (Å²) in [6, 6.07) is 17.1. The molecular formula is C23H26ClF2N5O2S. The van der Waals surface area contributed by atoms with Crippen LogP contribution in [0.25, 0.3) is 0 Å². The van der Waals surface area contributed by atoms with Crippen molar-refractivity contribution in [3.8, 4) is 0 Å². The van der Waals surface area contributed by atoms with E-state index in [4.69, 9.17) is 16.7 Å². The van der Waals surface area contributed by atoms with Gasteiger partial charge in [0.2, 0.25) is 5.96 Å². The van der Waals surface area contributed by atoms with E-state index in [2.05, 4.69) is 4.40 Å². The van der Waals surface area contributed by atoms with Gasteiger partial charge in [0.25, 0.3) is 5.92 Å². The van der Waals surface area contributed by atoms with E-state index in [0.717, 1.165) is 21.1 Å². The Morgan fingerprint density at radius 1 is 1.09 bits per heavy atom. The first-order chi connectivity index (χ1) is 16.1. The van der Waals surface area contributed by atoms with Crippen molar-refractivity contribution in [2.45, 2.75) is 24.7 Å². The highest BCUT2D eigenvalue weighted by atomic mass is 35.5. The Balaban J connectivity index is 1.69. The predicted molar refractivity (Wildman–Crippen MR) is 130 cm³/mol. The number of guanidine groups is 1. The minimum atomic E-state index is -4.17. The second-order valence-corrected chi connectivity index (χ2v) is 10.6. The number of hydrogen-bond donors (Lipinski definition) is 0. The molecule has 34 heavy (non-hydrogen) atoms. The first-order valence-electron chi connectivity index (χ1n) is 10.9. The monoisotopic (exact) mass is 509 g/mol. The van der Waals surface area contributed by atoms with Crippen LogP contribution in [-0.2, 0) is 10.2 Å². The summed E-state index contributed by atoms with van der Waals surface area (Å²) in [5.74, 6) is -2.87. The van der Waals surface area contributed by atoms with Crippen LogP contribution in [0.5, 0.6) is 0 Å². The molecule has 2 aromatic carbocycles. The number of halogens is 3. The number of benzene rings is 2. The van der Waals surface area contributed by atoms with E-state index in [0.29, 0.717) is 11.6 Å². The molecule has 2 aliphatic heterocycles. The molecule has 2 heterocycles. The third kappa shape index (κ3) is 5.39. The van der Waals surface area contributed by atoms with Crippen LogP contribution >= 0.6 is 11.6 Å². The molecule has 0 bridgehead atoms. The van der Waals surface area contributed by atoms with E-state index >= 15 is 0 Å². The van der Waals surface area contributed by atoms with Crippen molar-refractivity contribution < 1.29 is 17.2 Å². The summed E-state index contributed by atoms with van der Waals surface area (Å²) in [4.78, 5) is 1.56. The van der Waals surface area contributed by atoms with E-state index in [9.17, 15) is 17.2 Å². The highest BCUT2D eigenvalue weighted by Crippen LogP contribution is 2.31. The van der Waals surface area contributed by atoms with E-state index in [1.807, 2.05) is 42.5 Å². The highest BCUT2D eigenvalue weighted by molar-refractivity contribution is 7.87. The number of nitrogens with zero attached hydrogens (tertiary/aromatic N) is 5. The van der Waals surface area contributed by atoms with Gasteiger partial charge in [0.15, 0.2) is 0 Å². The Kier molecular flexibility index (Phi) is 6.93. The fourth-order valence-electron chi connectivity index (χ4n) is 4.02. The van der Waals surface area contributed by atoms with Crippen LogP contribution in [0.4, 0.5) is 8.78 Å². The van der Waals surface area contributed by atoms with Gasteiger partial charge in [0.05, 0.1) is 12.3 Å². The fourth-order valence-corrected chi connectivity index (χ4v) is 5.37. The molecule has 2 aromatic rings. The maximum Gasteiger partial charge on any atom is 0.325 e. The van der Waals surface area contributed by atoms with E-state index in [-0.39, 0.29) is 25.0 Å². The molecule has 11 heteroatoms. The molecule has 2 aliphatic rings. The Bertz CT molecular complexity index is 1180. The van der Waals surface area contributed by atoms with Crippen molar-refractivity contribution in [3.63, 3.8) is 0 Å². The van der Waals surface area contributed by atoms with Crippen LogP contribution < -0.4 is 0 Å². The van der Waals surface area contributed by atoms with Gasteiger partial charge < -0.3 is 4.90 Å². The van der Waals surface area contributed by atoms with Crippen LogP contribution in [-0.4, -0.2) is 74.0 Å². The molecule has 4 rings (SSSR count). The number of hydrazone groups is 1. The zero-order valence-electron chi connectivity index (χ0n) is 18.9. The van der Waals surface area contributed by atoms with Crippen LogP contribution in [0.3, 0.4) is 0 Å². The van der Waals surface area contributed by atoms with Gasteiger partial charge in [-0.25, -0.2) is 13.8 Å². The summed E-state index contributed by atoms with van der Waals surface area (Å²) in [5.41, 5.74) is 2.64. The maximum atomic E-state index is 13.5. The Hall–Kier alpha value is -2.56. The van der Waals surface area contributed by atoms with Gasteiger partial charge in [-0.05, 0) is 23.3 Å². The summed E-state index contributed by atoms with van der Waals surface area (Å²) in [7, 11) is -0.822. The van der Waals surface area contributed by atoms with E-state index < -0.39 is 29.0 Å². The SMILES string of the molecule is CN(C)C(=NS(=O)(=O)N1CCC(F)(F)CC1)N1CC(c2ccccc2)C(c2ccc(Cl)cc2)=N1. The molecule has 0 N–H and O–H groups in total. The molecule has 0 amide bonds. The molecule has 1 unspecified atom stereocenters. The lowest BCUT2D eigenvalue weighted by Gasteiger charge is -2.30. The standard InChI is InChI=1S/C23H26ClF2N5O2S/c1-29(2)22(28-34(32,33)30-14-12-23(25,26)13-15-30)31-16-20(17-6-4-3-5-7-17)21(27-31)18-8-10-19(24)11-9-18/h3-11,20H,12-16H2,1-2H3. The fraction of sp³-hybridized carbons (Fsp3) is 0.391. The third-order valence-corrected chi connectivity index (χ3v) is 7.53. The van der Waals surface area contributed by atoms with Crippen molar-refractivity contribution >= 4 is 33.5 Å². The van der Waals surface area contributed by atoms with Gasteiger partial charge >= 0.3 is 10.2 Å². The number of rotatable bonds is 4. The van der Waals surface area contributed by atoms with Crippen LogP contribution in [0.1, 0.15) is 29.9 Å². The lowest BCUT2D eigenvalue weighted by molar-refractivity contribution is -0.0411. The summed E-state index contributed by atoms with van der Waals surface area (Å²) in [6.45, 7) is -0.177. The number of piperidine rings is 1. The lowest BCUT2D eigenvalue weighted by Crippen LogP contribution is -2.44. The Morgan fingerprint density at radius 3 is 2.29 bits per heavy atom. The molecule has 7 nitrogen and oxygen atoms in total. The molecule has 1 saturated heterocycles. The summed E-state index contributed by atoms with van der Waals surface area (Å²) in [5, 5.41) is 6.91. The van der Waals surface area contributed by atoms with Gasteiger partial charge in [-0.1, -0.05) is 54.1 Å². The van der Waals surface area contributed by atoms with Crippen molar-refractivity contribution in [2.75, 3.05) is 33.7 Å². The van der Waals surface area contributed by atoms with Gasteiger partial charge in [-0.15, -0.1) is 4.40 Å². The minimum absolute atomic E-state index is 0.113. The molecule has 0 radical (unpaired) electrons. The largest absolute Gasteiger partial charge is 0.347 e. The maximum absolute atomic E-state index is 13.5. The Morgan fingerprint density at radius 2 is 1.71 bits per heavy atom. The van der Waals surface area contributed by atoms with Crippen molar-refractivity contribution in [1.29, 1.82) is 0 Å². The number of hydrogen-bond acceptors (Lipinski definition) is 3. The molecule has 1 fully saturated rings.